The van der Waals surface area contributed by atoms with E-state index in [-0.39, 0.29) is 12.5 Å². The number of aliphatic hydroxyl groups excluding tert-OH is 1. The molecule has 0 aromatic rings. The molecule has 3 heteroatoms. The van der Waals surface area contributed by atoms with Gasteiger partial charge in [-0.15, -0.1) is 0 Å². The van der Waals surface area contributed by atoms with Gasteiger partial charge in [-0.2, -0.15) is 0 Å². The lowest BCUT2D eigenvalue weighted by atomic mass is 9.97. The monoisotopic (exact) mass is 328 g/mol. The van der Waals surface area contributed by atoms with Gasteiger partial charge in [0.1, 0.15) is 0 Å². The number of aliphatic hydroxyl groups is 1. The van der Waals surface area contributed by atoms with Crippen LogP contribution < -0.4 is 0 Å². The molecule has 0 saturated carbocycles. The maximum Gasteiger partial charge on any atom is 0.306 e. The molecule has 138 valence electrons. The van der Waals surface area contributed by atoms with Gasteiger partial charge in [-0.05, 0) is 12.8 Å². The Kier molecular flexibility index (Phi) is 17.3. The van der Waals surface area contributed by atoms with Crippen LogP contribution >= 0.6 is 0 Å². The maximum atomic E-state index is 10.9. The third kappa shape index (κ3) is 16.1. The number of aliphatic carboxylic acids is 1. The van der Waals surface area contributed by atoms with Gasteiger partial charge in [-0.3, -0.25) is 4.79 Å². The summed E-state index contributed by atoms with van der Waals surface area (Å²) in [4.78, 5) is 10.9. The van der Waals surface area contributed by atoms with E-state index >= 15 is 0 Å². The van der Waals surface area contributed by atoms with Gasteiger partial charge in [0.15, 0.2) is 0 Å². The average molecular weight is 329 g/mol. The van der Waals surface area contributed by atoms with Crippen molar-refractivity contribution in [3.05, 3.63) is 0 Å². The Morgan fingerprint density at radius 3 is 1.43 bits per heavy atom. The van der Waals surface area contributed by atoms with Gasteiger partial charge < -0.3 is 10.2 Å². The van der Waals surface area contributed by atoms with Gasteiger partial charge in [0.25, 0.3) is 0 Å². The largest absolute Gasteiger partial charge is 0.481 e. The fraction of sp³-hybridized carbons (Fsp3) is 0.950. The lowest BCUT2D eigenvalue weighted by Gasteiger charge is -2.10. The summed E-state index contributed by atoms with van der Waals surface area (Å²) in [6.45, 7) is 2.25. The van der Waals surface area contributed by atoms with Crippen LogP contribution in [0.15, 0.2) is 0 Å². The van der Waals surface area contributed by atoms with E-state index in [9.17, 15) is 4.79 Å². The molecule has 0 radical (unpaired) electrons. The van der Waals surface area contributed by atoms with Crippen molar-refractivity contribution < 1.29 is 15.0 Å². The molecule has 23 heavy (non-hydrogen) atoms. The predicted octanol–water partition coefficient (Wildman–Crippen LogP) is 5.94. The highest BCUT2D eigenvalue weighted by Crippen LogP contribution is 2.16. The Bertz CT molecular complexity index is 253. The van der Waals surface area contributed by atoms with Crippen molar-refractivity contribution in [2.24, 2.45) is 5.92 Å². The minimum atomic E-state index is -0.756. The molecule has 0 aromatic carbocycles. The van der Waals surface area contributed by atoms with E-state index in [1.165, 1.54) is 77.0 Å². The van der Waals surface area contributed by atoms with E-state index in [0.717, 1.165) is 12.8 Å². The first-order chi connectivity index (χ1) is 11.2. The van der Waals surface area contributed by atoms with Crippen molar-refractivity contribution in [1.29, 1.82) is 0 Å². The Morgan fingerprint density at radius 1 is 0.696 bits per heavy atom. The molecule has 1 atom stereocenters. The van der Waals surface area contributed by atoms with Gasteiger partial charge in [0.2, 0.25) is 0 Å². The van der Waals surface area contributed by atoms with Gasteiger partial charge in [-0.1, -0.05) is 96.8 Å². The second-order valence-corrected chi connectivity index (χ2v) is 6.93. The molecule has 1 unspecified atom stereocenters. The van der Waals surface area contributed by atoms with Crippen LogP contribution in [0, 0.1) is 5.92 Å². The summed E-state index contributed by atoms with van der Waals surface area (Å²) in [6.07, 6.45) is 19.6. The van der Waals surface area contributed by atoms with E-state index in [2.05, 4.69) is 6.92 Å². The standard InChI is InChI=1S/C20H40O3/c1-2-3-4-5-6-7-8-9-10-11-12-13-14-15-16-19(17-18-21)20(22)23/h19,21H,2-18H2,1H3,(H,22,23). The summed E-state index contributed by atoms with van der Waals surface area (Å²) in [5.74, 6) is -1.11. The average Bonchev–Trinajstić information content (AvgIpc) is 2.54. The molecule has 0 bridgehead atoms. The molecule has 0 spiro atoms. The zero-order chi connectivity index (χ0) is 17.2. The van der Waals surface area contributed by atoms with Crippen molar-refractivity contribution in [3.8, 4) is 0 Å². The fourth-order valence-corrected chi connectivity index (χ4v) is 3.13. The molecular weight excluding hydrogens is 288 g/mol. The van der Waals surface area contributed by atoms with E-state index in [4.69, 9.17) is 10.2 Å². The fourth-order valence-electron chi connectivity index (χ4n) is 3.13. The Balaban J connectivity index is 3.20. The predicted molar refractivity (Wildman–Crippen MR) is 97.8 cm³/mol. The number of carboxylic acids is 1. The molecule has 0 aromatic heterocycles. The smallest absolute Gasteiger partial charge is 0.306 e. The Morgan fingerprint density at radius 2 is 1.09 bits per heavy atom. The first-order valence-electron chi connectivity index (χ1n) is 10.1. The van der Waals surface area contributed by atoms with E-state index in [1.807, 2.05) is 0 Å². The highest BCUT2D eigenvalue weighted by molar-refractivity contribution is 5.69. The van der Waals surface area contributed by atoms with Gasteiger partial charge in [0, 0.05) is 6.61 Å². The van der Waals surface area contributed by atoms with Gasteiger partial charge in [-0.25, -0.2) is 0 Å². The van der Waals surface area contributed by atoms with Crippen LogP contribution in [0.25, 0.3) is 0 Å². The quantitative estimate of drug-likeness (QED) is 0.306. The summed E-state index contributed by atoms with van der Waals surface area (Å²) >= 11 is 0. The second kappa shape index (κ2) is 17.8. The van der Waals surface area contributed by atoms with Crippen LogP contribution in [0.1, 0.15) is 110 Å². The zero-order valence-corrected chi connectivity index (χ0v) is 15.4. The molecular formula is C20H40O3. The molecule has 0 saturated heterocycles. The third-order valence-corrected chi connectivity index (χ3v) is 4.73. The minimum Gasteiger partial charge on any atom is -0.481 e. The van der Waals surface area contributed by atoms with Gasteiger partial charge >= 0.3 is 5.97 Å². The minimum absolute atomic E-state index is 0.0183. The summed E-state index contributed by atoms with van der Waals surface area (Å²) in [5, 5.41) is 17.8. The molecule has 0 aliphatic heterocycles. The summed E-state index contributed by atoms with van der Waals surface area (Å²) in [5.41, 5.74) is 0. The van der Waals surface area contributed by atoms with Crippen LogP contribution in [0.3, 0.4) is 0 Å². The highest BCUT2D eigenvalue weighted by atomic mass is 16.4. The lowest BCUT2D eigenvalue weighted by Crippen LogP contribution is -2.15. The Labute approximate surface area is 143 Å². The molecule has 0 aliphatic carbocycles. The van der Waals surface area contributed by atoms with Crippen LogP contribution in [0.5, 0.6) is 0 Å². The highest BCUT2D eigenvalue weighted by Gasteiger charge is 2.15. The lowest BCUT2D eigenvalue weighted by molar-refractivity contribution is -0.142. The van der Waals surface area contributed by atoms with Crippen LogP contribution in [-0.4, -0.2) is 22.8 Å². The number of carbonyl (C=O) groups is 1. The number of rotatable bonds is 18. The summed E-state index contributed by atoms with van der Waals surface area (Å²) in [7, 11) is 0. The molecule has 0 fully saturated rings. The number of hydrogen-bond donors (Lipinski definition) is 2. The van der Waals surface area contributed by atoms with Crippen molar-refractivity contribution in [3.63, 3.8) is 0 Å². The van der Waals surface area contributed by atoms with E-state index in [1.54, 1.807) is 0 Å². The number of unbranched alkanes of at least 4 members (excludes halogenated alkanes) is 13. The molecule has 0 amide bonds. The molecule has 0 heterocycles. The second-order valence-electron chi connectivity index (χ2n) is 6.93. The molecule has 2 N–H and O–H groups in total. The topological polar surface area (TPSA) is 57.5 Å². The van der Waals surface area contributed by atoms with Crippen molar-refractivity contribution in [2.45, 2.75) is 110 Å². The molecule has 0 aliphatic rings. The maximum absolute atomic E-state index is 10.9. The van der Waals surface area contributed by atoms with E-state index in [0.29, 0.717) is 12.8 Å². The van der Waals surface area contributed by atoms with Crippen LogP contribution in [-0.2, 0) is 4.79 Å². The number of carboxylic acid groups (broad SMARTS) is 1. The summed E-state index contributed by atoms with van der Waals surface area (Å²) in [6, 6.07) is 0. The molecule has 3 nitrogen and oxygen atoms in total. The summed E-state index contributed by atoms with van der Waals surface area (Å²) < 4.78 is 0. The van der Waals surface area contributed by atoms with Crippen molar-refractivity contribution >= 4 is 5.97 Å². The first-order valence-corrected chi connectivity index (χ1v) is 10.1. The van der Waals surface area contributed by atoms with Crippen molar-refractivity contribution in [1.82, 2.24) is 0 Å². The SMILES string of the molecule is CCCCCCCCCCCCCCCCC(CCO)C(=O)O. The van der Waals surface area contributed by atoms with Crippen LogP contribution in [0.2, 0.25) is 0 Å². The van der Waals surface area contributed by atoms with Crippen molar-refractivity contribution in [2.75, 3.05) is 6.61 Å². The number of hydrogen-bond acceptors (Lipinski definition) is 2. The first kappa shape index (κ1) is 22.4. The van der Waals surface area contributed by atoms with E-state index < -0.39 is 5.97 Å². The van der Waals surface area contributed by atoms with Gasteiger partial charge in [0.05, 0.1) is 5.92 Å². The third-order valence-electron chi connectivity index (χ3n) is 4.73. The Hall–Kier alpha value is -0.570. The normalized spacial score (nSPS) is 12.4. The molecule has 0 rings (SSSR count). The zero-order valence-electron chi connectivity index (χ0n) is 15.4. The van der Waals surface area contributed by atoms with Crippen LogP contribution in [0.4, 0.5) is 0 Å².